The van der Waals surface area contributed by atoms with Gasteiger partial charge in [-0.25, -0.2) is 5.43 Å². The number of hydrogen-bond donors (Lipinski definition) is 2. The van der Waals surface area contributed by atoms with Crippen LogP contribution in [0.3, 0.4) is 0 Å². The Morgan fingerprint density at radius 3 is 2.21 bits per heavy atom. The quantitative estimate of drug-likeness (QED) is 0.479. The Morgan fingerprint density at radius 2 is 1.54 bits per heavy atom. The van der Waals surface area contributed by atoms with Crippen molar-refractivity contribution < 1.29 is 14.3 Å². The van der Waals surface area contributed by atoms with Crippen molar-refractivity contribution in [2.24, 2.45) is 5.10 Å². The highest BCUT2D eigenvalue weighted by molar-refractivity contribution is 5.95. The van der Waals surface area contributed by atoms with Gasteiger partial charge in [0.2, 0.25) is 0 Å². The second-order valence-electron chi connectivity index (χ2n) is 5.88. The lowest BCUT2D eigenvalue weighted by Crippen LogP contribution is -2.17. The highest BCUT2D eigenvalue weighted by Crippen LogP contribution is 2.27. The predicted octanol–water partition coefficient (Wildman–Crippen LogP) is 4.21. The maximum Gasteiger partial charge on any atom is 0.271 e. The van der Waals surface area contributed by atoms with E-state index in [9.17, 15) is 4.79 Å². The number of methoxy groups -OCH3 is 2. The summed E-state index contributed by atoms with van der Waals surface area (Å²) in [6.45, 7) is 0. The number of para-hydroxylation sites is 1. The molecule has 6 heteroatoms. The van der Waals surface area contributed by atoms with Crippen molar-refractivity contribution in [3.8, 4) is 11.5 Å². The van der Waals surface area contributed by atoms with Crippen molar-refractivity contribution in [1.82, 2.24) is 5.43 Å². The topological polar surface area (TPSA) is 72.0 Å². The normalized spacial score (nSPS) is 10.5. The molecule has 0 aromatic heterocycles. The van der Waals surface area contributed by atoms with Gasteiger partial charge in [0.15, 0.2) is 11.5 Å². The zero-order valence-corrected chi connectivity index (χ0v) is 15.7. The van der Waals surface area contributed by atoms with Crippen LogP contribution in [-0.2, 0) is 0 Å². The second-order valence-corrected chi connectivity index (χ2v) is 5.88. The summed E-state index contributed by atoms with van der Waals surface area (Å²) < 4.78 is 10.4. The van der Waals surface area contributed by atoms with Crippen LogP contribution in [0.5, 0.6) is 11.5 Å². The van der Waals surface area contributed by atoms with E-state index in [1.54, 1.807) is 31.5 Å². The highest BCUT2D eigenvalue weighted by Gasteiger charge is 2.09. The average Bonchev–Trinajstić information content (AvgIpc) is 2.75. The third-order valence-corrected chi connectivity index (χ3v) is 4.00. The van der Waals surface area contributed by atoms with Gasteiger partial charge in [-0.1, -0.05) is 30.3 Å². The molecule has 0 aliphatic carbocycles. The Balaban J connectivity index is 1.59. The van der Waals surface area contributed by atoms with E-state index in [4.69, 9.17) is 9.47 Å². The zero-order valence-electron chi connectivity index (χ0n) is 15.7. The van der Waals surface area contributed by atoms with Crippen LogP contribution in [0.4, 0.5) is 11.4 Å². The van der Waals surface area contributed by atoms with Gasteiger partial charge in [-0.05, 0) is 48.0 Å². The molecule has 1 amide bonds. The number of hydrogen-bond acceptors (Lipinski definition) is 5. The van der Waals surface area contributed by atoms with Gasteiger partial charge in [-0.15, -0.1) is 0 Å². The molecule has 0 heterocycles. The molecule has 3 rings (SSSR count). The summed E-state index contributed by atoms with van der Waals surface area (Å²) in [5, 5.41) is 7.32. The molecule has 2 N–H and O–H groups in total. The summed E-state index contributed by atoms with van der Waals surface area (Å²) in [4.78, 5) is 12.2. The minimum Gasteiger partial charge on any atom is -0.493 e. The standard InChI is InChI=1S/C22H21N3O3/c1-27-20-13-10-17(14-21(20)28-2)22(26)25-23-15-16-8-11-19(12-9-16)24-18-6-4-3-5-7-18/h3-15,24H,1-2H3,(H,25,26)/b23-15-. The molecule has 0 radical (unpaired) electrons. The fourth-order valence-electron chi connectivity index (χ4n) is 2.55. The van der Waals surface area contributed by atoms with E-state index in [2.05, 4.69) is 15.8 Å². The van der Waals surface area contributed by atoms with Crippen LogP contribution < -0.4 is 20.2 Å². The number of hydrazone groups is 1. The molecule has 0 unspecified atom stereocenters. The Bertz CT molecular complexity index is 955. The lowest BCUT2D eigenvalue weighted by molar-refractivity contribution is 0.0954. The number of carbonyl (C=O) groups excluding carboxylic acids is 1. The van der Waals surface area contributed by atoms with E-state index >= 15 is 0 Å². The van der Waals surface area contributed by atoms with Crippen LogP contribution in [0.1, 0.15) is 15.9 Å². The molecule has 0 bridgehead atoms. The predicted molar refractivity (Wildman–Crippen MR) is 111 cm³/mol. The number of rotatable bonds is 7. The van der Waals surface area contributed by atoms with Crippen molar-refractivity contribution in [2.45, 2.75) is 0 Å². The first kappa shape index (κ1) is 19.0. The first-order chi connectivity index (χ1) is 13.7. The zero-order chi connectivity index (χ0) is 19.8. The largest absolute Gasteiger partial charge is 0.493 e. The molecule has 28 heavy (non-hydrogen) atoms. The van der Waals surface area contributed by atoms with Gasteiger partial charge in [-0.3, -0.25) is 4.79 Å². The van der Waals surface area contributed by atoms with Gasteiger partial charge in [0.1, 0.15) is 0 Å². The molecule has 0 atom stereocenters. The number of amides is 1. The Hall–Kier alpha value is -3.80. The lowest BCUT2D eigenvalue weighted by atomic mass is 10.2. The van der Waals surface area contributed by atoms with E-state index in [1.807, 2.05) is 54.6 Å². The van der Waals surface area contributed by atoms with Gasteiger partial charge in [-0.2, -0.15) is 5.10 Å². The molecule has 0 aliphatic heterocycles. The SMILES string of the molecule is COc1ccc(C(=O)N/N=C\c2ccc(Nc3ccccc3)cc2)cc1OC. The van der Waals surface area contributed by atoms with Gasteiger partial charge < -0.3 is 14.8 Å². The molecular formula is C22H21N3O3. The molecule has 0 fully saturated rings. The second kappa shape index (κ2) is 9.23. The van der Waals surface area contributed by atoms with Crippen LogP contribution >= 0.6 is 0 Å². The van der Waals surface area contributed by atoms with Crippen molar-refractivity contribution in [3.05, 3.63) is 83.9 Å². The van der Waals surface area contributed by atoms with Crippen molar-refractivity contribution >= 4 is 23.5 Å². The lowest BCUT2D eigenvalue weighted by Gasteiger charge is -2.08. The Labute approximate surface area is 163 Å². The maximum absolute atomic E-state index is 12.2. The van der Waals surface area contributed by atoms with Crippen LogP contribution in [0.15, 0.2) is 77.9 Å². The smallest absolute Gasteiger partial charge is 0.271 e. The van der Waals surface area contributed by atoms with Crippen molar-refractivity contribution in [3.63, 3.8) is 0 Å². The highest BCUT2D eigenvalue weighted by atomic mass is 16.5. The summed E-state index contributed by atoms with van der Waals surface area (Å²) >= 11 is 0. The number of benzene rings is 3. The summed E-state index contributed by atoms with van der Waals surface area (Å²) in [5.74, 6) is 0.715. The molecular weight excluding hydrogens is 354 g/mol. The molecule has 0 saturated heterocycles. The number of anilines is 2. The van der Waals surface area contributed by atoms with E-state index < -0.39 is 0 Å². The summed E-state index contributed by atoms with van der Waals surface area (Å²) in [7, 11) is 3.07. The fraction of sp³-hybridized carbons (Fsp3) is 0.0909. The third-order valence-electron chi connectivity index (χ3n) is 4.00. The van der Waals surface area contributed by atoms with E-state index in [1.165, 1.54) is 7.11 Å². The minimum atomic E-state index is -0.334. The maximum atomic E-state index is 12.2. The Morgan fingerprint density at radius 1 is 0.857 bits per heavy atom. The van der Waals surface area contributed by atoms with Crippen molar-refractivity contribution in [2.75, 3.05) is 19.5 Å². The van der Waals surface area contributed by atoms with Gasteiger partial charge in [0.05, 0.1) is 20.4 Å². The van der Waals surface area contributed by atoms with Gasteiger partial charge in [0.25, 0.3) is 5.91 Å². The first-order valence-electron chi connectivity index (χ1n) is 8.67. The summed E-state index contributed by atoms with van der Waals surface area (Å²) in [5.41, 5.74) is 5.79. The van der Waals surface area contributed by atoms with E-state index in [-0.39, 0.29) is 5.91 Å². The molecule has 6 nitrogen and oxygen atoms in total. The number of ether oxygens (including phenoxy) is 2. The van der Waals surface area contributed by atoms with Crippen LogP contribution in [0.2, 0.25) is 0 Å². The van der Waals surface area contributed by atoms with Gasteiger partial charge >= 0.3 is 0 Å². The van der Waals surface area contributed by atoms with Crippen LogP contribution in [-0.4, -0.2) is 26.3 Å². The number of nitrogens with one attached hydrogen (secondary N) is 2. The monoisotopic (exact) mass is 375 g/mol. The average molecular weight is 375 g/mol. The van der Waals surface area contributed by atoms with E-state index in [0.717, 1.165) is 16.9 Å². The molecule has 0 aliphatic rings. The number of carbonyl (C=O) groups is 1. The van der Waals surface area contributed by atoms with Gasteiger partial charge in [0, 0.05) is 16.9 Å². The fourth-order valence-corrected chi connectivity index (χ4v) is 2.55. The van der Waals surface area contributed by atoms with Crippen molar-refractivity contribution in [1.29, 1.82) is 0 Å². The number of nitrogens with zero attached hydrogens (tertiary/aromatic N) is 1. The minimum absolute atomic E-state index is 0.334. The first-order valence-corrected chi connectivity index (χ1v) is 8.67. The molecule has 3 aromatic carbocycles. The molecule has 3 aromatic rings. The summed E-state index contributed by atoms with van der Waals surface area (Å²) in [6.07, 6.45) is 1.59. The van der Waals surface area contributed by atoms with Crippen LogP contribution in [0.25, 0.3) is 0 Å². The molecule has 142 valence electrons. The summed E-state index contributed by atoms with van der Waals surface area (Å²) in [6, 6.07) is 22.6. The van der Waals surface area contributed by atoms with Crippen LogP contribution in [0, 0.1) is 0 Å². The van der Waals surface area contributed by atoms with E-state index in [0.29, 0.717) is 17.1 Å². The third kappa shape index (κ3) is 4.88. The molecule has 0 spiro atoms. The Kier molecular flexibility index (Phi) is 6.25. The molecule has 0 saturated carbocycles.